The monoisotopic (exact) mass is 355 g/mol. The molecule has 2 aromatic rings. The Morgan fingerprint density at radius 2 is 1.92 bits per heavy atom. The zero-order valence-electron chi connectivity index (χ0n) is 15.5. The fraction of sp³-hybridized carbons (Fsp3) is 0.409. The summed E-state index contributed by atoms with van der Waals surface area (Å²) in [5.74, 6) is -0.231. The maximum atomic E-state index is 13.2. The van der Waals surface area contributed by atoms with Crippen molar-refractivity contribution in [1.82, 2.24) is 4.90 Å². The summed E-state index contributed by atoms with van der Waals surface area (Å²) in [5.41, 5.74) is 3.47. The summed E-state index contributed by atoms with van der Waals surface area (Å²) in [7, 11) is 0. The van der Waals surface area contributed by atoms with E-state index < -0.39 is 0 Å². The van der Waals surface area contributed by atoms with Crippen molar-refractivity contribution >= 4 is 5.91 Å². The topological polar surface area (TPSA) is 40.5 Å². The molecule has 0 aliphatic carbocycles. The fourth-order valence-electron chi connectivity index (χ4n) is 3.90. The number of halogens is 1. The molecule has 3 nitrogen and oxygen atoms in total. The molecule has 0 spiro atoms. The third-order valence-electron chi connectivity index (χ3n) is 5.61. The van der Waals surface area contributed by atoms with Gasteiger partial charge in [0.2, 0.25) is 0 Å². The average molecular weight is 355 g/mol. The molecule has 1 atom stereocenters. The Hall–Kier alpha value is -2.20. The SMILES string of the molecule is Cc1cccc(C(=O)N2CCC[C@](CO)(Cc3ccc(F)cc3)C2)c1C. The molecule has 26 heavy (non-hydrogen) atoms. The molecular formula is C22H26FNO2. The van der Waals surface area contributed by atoms with Gasteiger partial charge in [-0.15, -0.1) is 0 Å². The van der Waals surface area contributed by atoms with Crippen LogP contribution in [0.2, 0.25) is 0 Å². The van der Waals surface area contributed by atoms with Crippen molar-refractivity contribution in [3.05, 3.63) is 70.5 Å². The first-order valence-electron chi connectivity index (χ1n) is 9.15. The molecule has 1 aliphatic heterocycles. The molecule has 2 aromatic carbocycles. The molecule has 1 heterocycles. The first kappa shape index (κ1) is 18.6. The van der Waals surface area contributed by atoms with Crippen LogP contribution in [0.4, 0.5) is 4.39 Å². The molecule has 0 saturated carbocycles. The Kier molecular flexibility index (Phi) is 5.42. The molecule has 0 unspecified atom stereocenters. The van der Waals surface area contributed by atoms with Crippen LogP contribution in [0.15, 0.2) is 42.5 Å². The molecular weight excluding hydrogens is 329 g/mol. The molecule has 4 heteroatoms. The third-order valence-corrected chi connectivity index (χ3v) is 5.61. The van der Waals surface area contributed by atoms with Gasteiger partial charge in [0.05, 0.1) is 6.61 Å². The number of hydrogen-bond donors (Lipinski definition) is 1. The summed E-state index contributed by atoms with van der Waals surface area (Å²) < 4.78 is 13.2. The molecule has 1 N–H and O–H groups in total. The van der Waals surface area contributed by atoms with E-state index in [1.54, 1.807) is 12.1 Å². The van der Waals surface area contributed by atoms with Crippen LogP contribution in [0.1, 0.15) is 39.9 Å². The molecule has 1 saturated heterocycles. The zero-order valence-corrected chi connectivity index (χ0v) is 15.5. The Morgan fingerprint density at radius 3 is 2.62 bits per heavy atom. The van der Waals surface area contributed by atoms with Crippen molar-refractivity contribution in [2.75, 3.05) is 19.7 Å². The van der Waals surface area contributed by atoms with E-state index in [1.165, 1.54) is 12.1 Å². The maximum absolute atomic E-state index is 13.2. The Bertz CT molecular complexity index is 787. The lowest BCUT2D eigenvalue weighted by atomic mass is 9.75. The normalized spacial score (nSPS) is 20.2. The third kappa shape index (κ3) is 3.80. The van der Waals surface area contributed by atoms with E-state index in [-0.39, 0.29) is 23.7 Å². The Labute approximate surface area is 154 Å². The van der Waals surface area contributed by atoms with Gasteiger partial charge in [0.15, 0.2) is 0 Å². The van der Waals surface area contributed by atoms with E-state index in [0.717, 1.165) is 35.1 Å². The lowest BCUT2D eigenvalue weighted by Gasteiger charge is -2.42. The summed E-state index contributed by atoms with van der Waals surface area (Å²) in [6, 6.07) is 12.2. The van der Waals surface area contributed by atoms with Crippen LogP contribution < -0.4 is 0 Å². The minimum Gasteiger partial charge on any atom is -0.396 e. The van der Waals surface area contributed by atoms with Crippen LogP contribution in [0, 0.1) is 25.1 Å². The van der Waals surface area contributed by atoms with Crippen LogP contribution in [0.25, 0.3) is 0 Å². The highest BCUT2D eigenvalue weighted by molar-refractivity contribution is 5.96. The van der Waals surface area contributed by atoms with E-state index in [1.807, 2.05) is 36.9 Å². The summed E-state index contributed by atoms with van der Waals surface area (Å²) in [4.78, 5) is 14.9. The van der Waals surface area contributed by atoms with Crippen molar-refractivity contribution in [1.29, 1.82) is 0 Å². The van der Waals surface area contributed by atoms with Gasteiger partial charge in [-0.3, -0.25) is 4.79 Å². The second kappa shape index (κ2) is 7.58. The lowest BCUT2D eigenvalue weighted by molar-refractivity contribution is 0.0271. The predicted octanol–water partition coefficient (Wildman–Crippen LogP) is 3.90. The van der Waals surface area contributed by atoms with Crippen molar-refractivity contribution in [3.8, 4) is 0 Å². The highest BCUT2D eigenvalue weighted by Gasteiger charge is 2.37. The van der Waals surface area contributed by atoms with Crippen LogP contribution >= 0.6 is 0 Å². The van der Waals surface area contributed by atoms with Crippen molar-refractivity contribution in [3.63, 3.8) is 0 Å². The van der Waals surface area contributed by atoms with Crippen molar-refractivity contribution < 1.29 is 14.3 Å². The fourth-order valence-corrected chi connectivity index (χ4v) is 3.90. The molecule has 0 aromatic heterocycles. The van der Waals surface area contributed by atoms with Crippen LogP contribution in [0.5, 0.6) is 0 Å². The molecule has 1 fully saturated rings. The van der Waals surface area contributed by atoms with E-state index in [0.29, 0.717) is 19.5 Å². The number of carbonyl (C=O) groups excluding carboxylic acids is 1. The van der Waals surface area contributed by atoms with Crippen LogP contribution in [0.3, 0.4) is 0 Å². The average Bonchev–Trinajstić information content (AvgIpc) is 2.65. The van der Waals surface area contributed by atoms with E-state index >= 15 is 0 Å². The first-order chi connectivity index (χ1) is 12.4. The summed E-state index contributed by atoms with van der Waals surface area (Å²) in [6.45, 7) is 5.23. The maximum Gasteiger partial charge on any atom is 0.254 e. The number of aliphatic hydroxyl groups excluding tert-OH is 1. The van der Waals surface area contributed by atoms with Gasteiger partial charge < -0.3 is 10.0 Å². The summed E-state index contributed by atoms with van der Waals surface area (Å²) in [6.07, 6.45) is 2.36. The number of rotatable bonds is 4. The van der Waals surface area contributed by atoms with Crippen LogP contribution in [-0.4, -0.2) is 35.6 Å². The van der Waals surface area contributed by atoms with Gasteiger partial charge in [-0.1, -0.05) is 24.3 Å². The highest BCUT2D eigenvalue weighted by Crippen LogP contribution is 2.34. The van der Waals surface area contributed by atoms with Crippen molar-refractivity contribution in [2.45, 2.75) is 33.1 Å². The molecule has 1 aliphatic rings. The number of hydrogen-bond acceptors (Lipinski definition) is 2. The second-order valence-electron chi connectivity index (χ2n) is 7.54. The van der Waals surface area contributed by atoms with Gasteiger partial charge in [-0.05, 0) is 68.0 Å². The molecule has 3 rings (SSSR count). The number of aryl methyl sites for hydroxylation is 1. The van der Waals surface area contributed by atoms with Gasteiger partial charge in [-0.2, -0.15) is 0 Å². The van der Waals surface area contributed by atoms with Crippen molar-refractivity contribution in [2.24, 2.45) is 5.41 Å². The van der Waals surface area contributed by atoms with Gasteiger partial charge in [0, 0.05) is 24.1 Å². The number of likely N-dealkylation sites (tertiary alicyclic amines) is 1. The number of nitrogens with zero attached hydrogens (tertiary/aromatic N) is 1. The molecule has 1 amide bonds. The van der Waals surface area contributed by atoms with Gasteiger partial charge in [0.25, 0.3) is 5.91 Å². The minimum atomic E-state index is -0.372. The summed E-state index contributed by atoms with van der Waals surface area (Å²) in [5, 5.41) is 10.1. The Balaban J connectivity index is 1.81. The first-order valence-corrected chi connectivity index (χ1v) is 9.15. The number of aliphatic hydroxyl groups is 1. The van der Waals surface area contributed by atoms with E-state index in [2.05, 4.69) is 0 Å². The number of benzene rings is 2. The summed E-state index contributed by atoms with van der Waals surface area (Å²) >= 11 is 0. The van der Waals surface area contributed by atoms with E-state index in [9.17, 15) is 14.3 Å². The van der Waals surface area contributed by atoms with Crippen LogP contribution in [-0.2, 0) is 6.42 Å². The zero-order chi connectivity index (χ0) is 18.7. The standard InChI is InChI=1S/C22H26FNO2/c1-16-5-3-6-20(17(16)2)21(26)24-12-4-11-22(14-24,15-25)13-18-7-9-19(23)10-8-18/h3,5-10,25H,4,11-15H2,1-2H3/t22-/m0/s1. The Morgan fingerprint density at radius 1 is 1.19 bits per heavy atom. The largest absolute Gasteiger partial charge is 0.396 e. The minimum absolute atomic E-state index is 0.0148. The predicted molar refractivity (Wildman–Crippen MR) is 101 cm³/mol. The van der Waals surface area contributed by atoms with E-state index in [4.69, 9.17) is 0 Å². The quantitative estimate of drug-likeness (QED) is 0.904. The molecule has 0 radical (unpaired) electrons. The number of piperidine rings is 1. The van der Waals surface area contributed by atoms with Gasteiger partial charge in [-0.25, -0.2) is 4.39 Å². The second-order valence-corrected chi connectivity index (χ2v) is 7.54. The number of carbonyl (C=O) groups is 1. The molecule has 138 valence electrons. The van der Waals surface area contributed by atoms with Gasteiger partial charge in [0.1, 0.15) is 5.82 Å². The smallest absolute Gasteiger partial charge is 0.254 e. The number of amides is 1. The molecule has 0 bridgehead atoms. The highest BCUT2D eigenvalue weighted by atomic mass is 19.1. The lowest BCUT2D eigenvalue weighted by Crippen LogP contribution is -2.49. The van der Waals surface area contributed by atoms with Gasteiger partial charge >= 0.3 is 0 Å².